The summed E-state index contributed by atoms with van der Waals surface area (Å²) in [7, 11) is 0. The molecule has 0 aromatic carbocycles. The lowest BCUT2D eigenvalue weighted by Crippen LogP contribution is -2.37. The summed E-state index contributed by atoms with van der Waals surface area (Å²) in [6, 6.07) is 0. The summed E-state index contributed by atoms with van der Waals surface area (Å²) in [5, 5.41) is 3.47. The summed E-state index contributed by atoms with van der Waals surface area (Å²) >= 11 is 0. The van der Waals surface area contributed by atoms with Crippen LogP contribution in [0.25, 0.3) is 0 Å². The van der Waals surface area contributed by atoms with Gasteiger partial charge in [-0.3, -0.25) is 0 Å². The lowest BCUT2D eigenvalue weighted by Gasteiger charge is -2.40. The van der Waals surface area contributed by atoms with E-state index in [-0.39, 0.29) is 0 Å². The van der Waals surface area contributed by atoms with Crippen molar-refractivity contribution in [3.8, 4) is 0 Å². The third-order valence-corrected chi connectivity index (χ3v) is 4.40. The van der Waals surface area contributed by atoms with Gasteiger partial charge in [-0.05, 0) is 55.5 Å². The fourth-order valence-corrected chi connectivity index (χ4v) is 3.28. The maximum atomic E-state index is 3.47. The van der Waals surface area contributed by atoms with Gasteiger partial charge in [0.25, 0.3) is 0 Å². The minimum Gasteiger partial charge on any atom is -0.317 e. The average molecular weight is 181 g/mol. The standard InChI is InChI=1S/C12H23N/c1-11(2,3)12(6-7-12)10-4-8-13-9-5-10/h10,13H,4-9H2,1-3H3. The molecule has 1 aliphatic carbocycles. The maximum absolute atomic E-state index is 3.47. The molecule has 1 heteroatoms. The van der Waals surface area contributed by atoms with Gasteiger partial charge in [-0.1, -0.05) is 20.8 Å². The van der Waals surface area contributed by atoms with Crippen LogP contribution in [-0.2, 0) is 0 Å². The van der Waals surface area contributed by atoms with E-state index < -0.39 is 0 Å². The van der Waals surface area contributed by atoms with Crippen molar-refractivity contribution in [2.24, 2.45) is 16.7 Å². The molecule has 1 aliphatic heterocycles. The van der Waals surface area contributed by atoms with Gasteiger partial charge in [0.2, 0.25) is 0 Å². The van der Waals surface area contributed by atoms with Crippen LogP contribution < -0.4 is 5.32 Å². The summed E-state index contributed by atoms with van der Waals surface area (Å²) in [4.78, 5) is 0. The molecule has 1 saturated heterocycles. The lowest BCUT2D eigenvalue weighted by atomic mass is 9.67. The first-order chi connectivity index (χ1) is 6.06. The van der Waals surface area contributed by atoms with Gasteiger partial charge < -0.3 is 5.32 Å². The largest absolute Gasteiger partial charge is 0.317 e. The van der Waals surface area contributed by atoms with Crippen LogP contribution in [0.4, 0.5) is 0 Å². The second-order valence-electron chi connectivity index (χ2n) is 5.93. The third kappa shape index (κ3) is 1.52. The maximum Gasteiger partial charge on any atom is -0.00461 e. The molecule has 13 heavy (non-hydrogen) atoms. The molecule has 0 bridgehead atoms. The predicted molar refractivity (Wildman–Crippen MR) is 56.7 cm³/mol. The molecule has 0 unspecified atom stereocenters. The average Bonchev–Trinajstić information content (AvgIpc) is 2.84. The highest BCUT2D eigenvalue weighted by molar-refractivity contribution is 5.06. The molecule has 0 aromatic heterocycles. The molecule has 1 nitrogen and oxygen atoms in total. The van der Waals surface area contributed by atoms with Crippen LogP contribution in [0.1, 0.15) is 46.5 Å². The van der Waals surface area contributed by atoms with Crippen molar-refractivity contribution in [3.05, 3.63) is 0 Å². The molecule has 0 spiro atoms. The smallest absolute Gasteiger partial charge is 0.00461 e. The Morgan fingerprint density at radius 1 is 1.08 bits per heavy atom. The van der Waals surface area contributed by atoms with Gasteiger partial charge in [0, 0.05) is 0 Å². The Balaban J connectivity index is 2.06. The molecule has 2 aliphatic rings. The topological polar surface area (TPSA) is 12.0 Å². The van der Waals surface area contributed by atoms with Crippen LogP contribution in [0.3, 0.4) is 0 Å². The summed E-state index contributed by atoms with van der Waals surface area (Å²) < 4.78 is 0. The van der Waals surface area contributed by atoms with Gasteiger partial charge in [0.1, 0.15) is 0 Å². The Morgan fingerprint density at radius 3 is 2.00 bits per heavy atom. The quantitative estimate of drug-likeness (QED) is 0.656. The van der Waals surface area contributed by atoms with Crippen LogP contribution in [0.2, 0.25) is 0 Å². The van der Waals surface area contributed by atoms with Crippen LogP contribution in [0.5, 0.6) is 0 Å². The number of hydrogen-bond acceptors (Lipinski definition) is 1. The molecule has 0 radical (unpaired) electrons. The van der Waals surface area contributed by atoms with Crippen molar-refractivity contribution in [2.45, 2.75) is 46.5 Å². The van der Waals surface area contributed by atoms with Crippen molar-refractivity contribution >= 4 is 0 Å². The molecule has 2 fully saturated rings. The third-order valence-electron chi connectivity index (χ3n) is 4.40. The van der Waals surface area contributed by atoms with Crippen LogP contribution in [-0.4, -0.2) is 13.1 Å². The van der Waals surface area contributed by atoms with Gasteiger partial charge in [-0.25, -0.2) is 0 Å². The van der Waals surface area contributed by atoms with E-state index in [9.17, 15) is 0 Å². The molecule has 0 amide bonds. The fraction of sp³-hybridized carbons (Fsp3) is 1.00. The van der Waals surface area contributed by atoms with Crippen molar-refractivity contribution < 1.29 is 0 Å². The van der Waals surface area contributed by atoms with Crippen molar-refractivity contribution in [1.82, 2.24) is 5.32 Å². The fourth-order valence-electron chi connectivity index (χ4n) is 3.28. The van der Waals surface area contributed by atoms with Gasteiger partial charge in [-0.2, -0.15) is 0 Å². The molecule has 1 N–H and O–H groups in total. The molecule has 0 atom stereocenters. The van der Waals surface area contributed by atoms with Crippen molar-refractivity contribution in [1.29, 1.82) is 0 Å². The summed E-state index contributed by atoms with van der Waals surface area (Å²) in [6.07, 6.45) is 5.80. The number of rotatable bonds is 1. The highest BCUT2D eigenvalue weighted by Gasteiger charge is 2.56. The summed E-state index contributed by atoms with van der Waals surface area (Å²) in [6.45, 7) is 9.80. The molecular formula is C12H23N. The van der Waals surface area contributed by atoms with E-state index >= 15 is 0 Å². The Kier molecular flexibility index (Phi) is 2.18. The number of hydrogen-bond donors (Lipinski definition) is 1. The van der Waals surface area contributed by atoms with E-state index in [1.807, 2.05) is 0 Å². The zero-order valence-electron chi connectivity index (χ0n) is 9.32. The van der Waals surface area contributed by atoms with E-state index in [1.165, 1.54) is 38.8 Å². The van der Waals surface area contributed by atoms with Crippen LogP contribution in [0, 0.1) is 16.7 Å². The van der Waals surface area contributed by atoms with Gasteiger partial charge >= 0.3 is 0 Å². The van der Waals surface area contributed by atoms with Gasteiger partial charge in [0.15, 0.2) is 0 Å². The highest BCUT2D eigenvalue weighted by atomic mass is 14.9. The van der Waals surface area contributed by atoms with E-state index in [4.69, 9.17) is 0 Å². The van der Waals surface area contributed by atoms with Crippen LogP contribution in [0.15, 0.2) is 0 Å². The second-order valence-corrected chi connectivity index (χ2v) is 5.93. The Labute approximate surface area is 82.3 Å². The lowest BCUT2D eigenvalue weighted by molar-refractivity contribution is 0.104. The zero-order valence-corrected chi connectivity index (χ0v) is 9.32. The SMILES string of the molecule is CC(C)(C)C1(C2CCNCC2)CC1. The minimum atomic E-state index is 0.537. The molecule has 1 heterocycles. The Bertz CT molecular complexity index is 180. The van der Waals surface area contributed by atoms with Gasteiger partial charge in [-0.15, -0.1) is 0 Å². The first-order valence-corrected chi connectivity index (χ1v) is 5.77. The first kappa shape index (κ1) is 9.51. The van der Waals surface area contributed by atoms with E-state index in [0.29, 0.717) is 5.41 Å². The zero-order chi connectivity index (χ0) is 9.53. The molecule has 2 rings (SSSR count). The first-order valence-electron chi connectivity index (χ1n) is 5.77. The molecule has 0 aromatic rings. The van der Waals surface area contributed by atoms with Gasteiger partial charge in [0.05, 0.1) is 0 Å². The molecular weight excluding hydrogens is 158 g/mol. The highest BCUT2D eigenvalue weighted by Crippen LogP contribution is 2.64. The Hall–Kier alpha value is -0.0400. The minimum absolute atomic E-state index is 0.537. The van der Waals surface area contributed by atoms with Crippen molar-refractivity contribution in [3.63, 3.8) is 0 Å². The molecule has 76 valence electrons. The Morgan fingerprint density at radius 2 is 1.62 bits per heavy atom. The van der Waals surface area contributed by atoms with E-state index in [0.717, 1.165) is 11.3 Å². The second kappa shape index (κ2) is 2.98. The van der Waals surface area contributed by atoms with Crippen LogP contribution >= 0.6 is 0 Å². The van der Waals surface area contributed by atoms with E-state index in [2.05, 4.69) is 26.1 Å². The normalized spacial score (nSPS) is 28.8. The number of piperidine rings is 1. The van der Waals surface area contributed by atoms with Crippen molar-refractivity contribution in [2.75, 3.05) is 13.1 Å². The van der Waals surface area contributed by atoms with E-state index in [1.54, 1.807) is 0 Å². The summed E-state index contributed by atoms with van der Waals surface area (Å²) in [5.74, 6) is 1.01. The predicted octanol–water partition coefficient (Wildman–Crippen LogP) is 2.81. The molecule has 1 saturated carbocycles. The number of nitrogens with one attached hydrogen (secondary N) is 1. The monoisotopic (exact) mass is 181 g/mol. The summed E-state index contributed by atoms with van der Waals surface area (Å²) in [5.41, 5.74) is 1.25.